The molecule has 0 fully saturated rings. The third kappa shape index (κ3) is 4.31. The van der Waals surface area contributed by atoms with Crippen LogP contribution in [-0.4, -0.2) is 18.2 Å². The largest absolute Gasteiger partial charge is 0.497 e. The van der Waals surface area contributed by atoms with Crippen LogP contribution < -0.4 is 4.74 Å². The van der Waals surface area contributed by atoms with Crippen LogP contribution in [0.4, 0.5) is 0 Å². The maximum Gasteiger partial charge on any atom is 0.328 e. The average Bonchev–Trinajstić information content (AvgIpc) is 2.34. The molecule has 0 aromatic heterocycles. The quantitative estimate of drug-likeness (QED) is 0.768. The van der Waals surface area contributed by atoms with E-state index >= 15 is 0 Å². The van der Waals surface area contributed by atoms with Crippen molar-refractivity contribution in [2.75, 3.05) is 7.11 Å². The molecule has 0 radical (unpaired) electrons. The van der Waals surface area contributed by atoms with Crippen molar-refractivity contribution in [3.63, 3.8) is 0 Å². The van der Waals surface area contributed by atoms with E-state index in [1.54, 1.807) is 7.11 Å². The third-order valence-electron chi connectivity index (χ3n) is 2.56. The zero-order chi connectivity index (χ0) is 12.7. The summed E-state index contributed by atoms with van der Waals surface area (Å²) in [7, 11) is 1.61. The first kappa shape index (κ1) is 13.3. The number of aliphatic carboxylic acids is 1. The van der Waals surface area contributed by atoms with Gasteiger partial charge in [0.1, 0.15) is 5.75 Å². The van der Waals surface area contributed by atoms with E-state index in [0.717, 1.165) is 36.1 Å². The fraction of sp³-hybridized carbons (Fsp3) is 0.357. The summed E-state index contributed by atoms with van der Waals surface area (Å²) in [4.78, 5) is 10.8. The van der Waals surface area contributed by atoms with Crippen LogP contribution in [0.15, 0.2) is 30.3 Å². The summed E-state index contributed by atoms with van der Waals surface area (Å²) in [6, 6.07) is 7.47. The van der Waals surface area contributed by atoms with Gasteiger partial charge in [0.2, 0.25) is 0 Å². The zero-order valence-corrected chi connectivity index (χ0v) is 10.3. The number of methoxy groups -OCH3 is 1. The number of ether oxygens (including phenoxy) is 1. The molecule has 3 heteroatoms. The predicted octanol–water partition coefficient (Wildman–Crippen LogP) is 3.35. The molecular weight excluding hydrogens is 216 g/mol. The Morgan fingerprint density at radius 2 is 2.00 bits per heavy atom. The SMILES string of the molecule is CCCC/C(=C\C(=O)O)c1ccc(OC)cc1. The van der Waals surface area contributed by atoms with Gasteiger partial charge in [0, 0.05) is 6.08 Å². The van der Waals surface area contributed by atoms with Gasteiger partial charge in [-0.05, 0) is 36.1 Å². The molecule has 0 aliphatic rings. The van der Waals surface area contributed by atoms with E-state index in [4.69, 9.17) is 9.84 Å². The molecule has 3 nitrogen and oxygen atoms in total. The van der Waals surface area contributed by atoms with Gasteiger partial charge in [0.25, 0.3) is 0 Å². The van der Waals surface area contributed by atoms with E-state index in [2.05, 4.69) is 6.92 Å². The van der Waals surface area contributed by atoms with Crippen molar-refractivity contribution in [1.29, 1.82) is 0 Å². The number of carboxylic acids is 1. The van der Waals surface area contributed by atoms with Crippen LogP contribution in [0.2, 0.25) is 0 Å². The molecule has 1 aromatic rings. The van der Waals surface area contributed by atoms with Gasteiger partial charge >= 0.3 is 5.97 Å². The lowest BCUT2D eigenvalue weighted by Crippen LogP contribution is -1.93. The fourth-order valence-corrected chi connectivity index (χ4v) is 1.62. The number of rotatable bonds is 6. The summed E-state index contributed by atoms with van der Waals surface area (Å²) in [5.41, 5.74) is 1.81. The van der Waals surface area contributed by atoms with Crippen molar-refractivity contribution in [2.45, 2.75) is 26.2 Å². The standard InChI is InChI=1S/C14H18O3/c1-3-4-5-12(10-14(15)16)11-6-8-13(17-2)9-7-11/h6-10H,3-5H2,1-2H3,(H,15,16)/b12-10+. The van der Waals surface area contributed by atoms with Gasteiger partial charge in [-0.15, -0.1) is 0 Å². The van der Waals surface area contributed by atoms with Crippen LogP contribution in [0.3, 0.4) is 0 Å². The van der Waals surface area contributed by atoms with Crippen molar-refractivity contribution < 1.29 is 14.6 Å². The van der Waals surface area contributed by atoms with Crippen molar-refractivity contribution in [1.82, 2.24) is 0 Å². The predicted molar refractivity (Wildman–Crippen MR) is 68.1 cm³/mol. The first-order valence-corrected chi connectivity index (χ1v) is 5.75. The second-order valence-corrected chi connectivity index (χ2v) is 3.84. The average molecular weight is 234 g/mol. The molecule has 1 aromatic carbocycles. The molecule has 0 aliphatic carbocycles. The Morgan fingerprint density at radius 3 is 2.47 bits per heavy atom. The fourth-order valence-electron chi connectivity index (χ4n) is 1.62. The zero-order valence-electron chi connectivity index (χ0n) is 10.3. The Hall–Kier alpha value is -1.77. The normalized spacial score (nSPS) is 11.3. The Bertz CT molecular complexity index is 390. The number of allylic oxidation sites excluding steroid dienone is 1. The minimum atomic E-state index is -0.896. The van der Waals surface area contributed by atoms with Gasteiger partial charge in [-0.25, -0.2) is 4.79 Å². The second kappa shape index (κ2) is 6.74. The highest BCUT2D eigenvalue weighted by Gasteiger charge is 2.04. The molecule has 0 unspecified atom stereocenters. The van der Waals surface area contributed by atoms with Crippen molar-refractivity contribution >= 4 is 11.5 Å². The summed E-state index contributed by atoms with van der Waals surface area (Å²) in [5.74, 6) is -0.120. The Kier molecular flexibility index (Phi) is 5.27. The number of carboxylic acid groups (broad SMARTS) is 1. The number of benzene rings is 1. The number of hydrogen-bond donors (Lipinski definition) is 1. The van der Waals surface area contributed by atoms with Crippen LogP contribution in [0, 0.1) is 0 Å². The Balaban J connectivity index is 2.91. The van der Waals surface area contributed by atoms with Gasteiger partial charge in [-0.3, -0.25) is 0 Å². The van der Waals surface area contributed by atoms with Crippen LogP contribution >= 0.6 is 0 Å². The van der Waals surface area contributed by atoms with E-state index in [0.29, 0.717) is 0 Å². The summed E-state index contributed by atoms with van der Waals surface area (Å²) >= 11 is 0. The molecule has 0 saturated heterocycles. The summed E-state index contributed by atoms with van der Waals surface area (Å²) < 4.78 is 5.08. The van der Waals surface area contributed by atoms with Crippen LogP contribution in [0.5, 0.6) is 5.75 Å². The number of carbonyl (C=O) groups is 1. The molecule has 92 valence electrons. The van der Waals surface area contributed by atoms with Crippen LogP contribution in [0.1, 0.15) is 31.7 Å². The van der Waals surface area contributed by atoms with Gasteiger partial charge in [0.05, 0.1) is 7.11 Å². The summed E-state index contributed by atoms with van der Waals surface area (Å²) in [6.07, 6.45) is 4.12. The monoisotopic (exact) mass is 234 g/mol. The molecule has 0 heterocycles. The van der Waals surface area contributed by atoms with Crippen molar-refractivity contribution in [3.05, 3.63) is 35.9 Å². The maximum atomic E-state index is 10.8. The number of hydrogen-bond acceptors (Lipinski definition) is 2. The lowest BCUT2D eigenvalue weighted by Gasteiger charge is -2.07. The highest BCUT2D eigenvalue weighted by molar-refractivity contribution is 5.90. The maximum absolute atomic E-state index is 10.8. The second-order valence-electron chi connectivity index (χ2n) is 3.84. The van der Waals surface area contributed by atoms with E-state index in [-0.39, 0.29) is 0 Å². The lowest BCUT2D eigenvalue weighted by atomic mass is 10.00. The summed E-state index contributed by atoms with van der Waals surface area (Å²) in [5, 5.41) is 8.84. The van der Waals surface area contributed by atoms with Crippen LogP contribution in [0.25, 0.3) is 5.57 Å². The lowest BCUT2D eigenvalue weighted by molar-refractivity contribution is -0.131. The van der Waals surface area contributed by atoms with Gasteiger partial charge in [0.15, 0.2) is 0 Å². The van der Waals surface area contributed by atoms with Gasteiger partial charge in [-0.1, -0.05) is 25.5 Å². The third-order valence-corrected chi connectivity index (χ3v) is 2.56. The minimum absolute atomic E-state index is 0.777. The molecule has 0 bridgehead atoms. The molecule has 0 aliphatic heterocycles. The molecule has 0 spiro atoms. The van der Waals surface area contributed by atoms with Crippen molar-refractivity contribution in [3.8, 4) is 5.75 Å². The highest BCUT2D eigenvalue weighted by atomic mass is 16.5. The molecular formula is C14H18O3. The van der Waals surface area contributed by atoms with E-state index in [1.165, 1.54) is 6.08 Å². The van der Waals surface area contributed by atoms with Gasteiger partial charge in [-0.2, -0.15) is 0 Å². The molecule has 0 atom stereocenters. The Morgan fingerprint density at radius 1 is 1.35 bits per heavy atom. The van der Waals surface area contributed by atoms with E-state index in [1.807, 2.05) is 24.3 Å². The number of unbranched alkanes of at least 4 members (excludes halogenated alkanes) is 1. The van der Waals surface area contributed by atoms with Crippen molar-refractivity contribution in [2.24, 2.45) is 0 Å². The molecule has 0 saturated carbocycles. The molecule has 17 heavy (non-hydrogen) atoms. The van der Waals surface area contributed by atoms with Crippen LogP contribution in [-0.2, 0) is 4.79 Å². The van der Waals surface area contributed by atoms with Gasteiger partial charge < -0.3 is 9.84 Å². The topological polar surface area (TPSA) is 46.5 Å². The smallest absolute Gasteiger partial charge is 0.328 e. The molecule has 1 rings (SSSR count). The molecule has 0 amide bonds. The minimum Gasteiger partial charge on any atom is -0.497 e. The first-order valence-electron chi connectivity index (χ1n) is 5.75. The highest BCUT2D eigenvalue weighted by Crippen LogP contribution is 2.23. The van der Waals surface area contributed by atoms with E-state index < -0.39 is 5.97 Å². The summed E-state index contributed by atoms with van der Waals surface area (Å²) in [6.45, 7) is 2.09. The molecule has 1 N–H and O–H groups in total. The van der Waals surface area contributed by atoms with E-state index in [9.17, 15) is 4.79 Å². The first-order chi connectivity index (χ1) is 8.17. The Labute approximate surface area is 102 Å².